The highest BCUT2D eigenvalue weighted by Gasteiger charge is 2.26. The van der Waals surface area contributed by atoms with Crippen LogP contribution in [0.4, 0.5) is 0 Å². The number of hydrogen-bond donors (Lipinski definition) is 1. The van der Waals surface area contributed by atoms with Crippen molar-refractivity contribution in [2.45, 2.75) is 43.7 Å². The average molecular weight is 361 g/mol. The first-order valence-corrected chi connectivity index (χ1v) is 8.87. The van der Waals surface area contributed by atoms with E-state index in [0.29, 0.717) is 5.09 Å². The zero-order valence-electron chi connectivity index (χ0n) is 15.1. The Kier molecular flexibility index (Phi) is 6.31. The molecule has 2 aromatic rings. The fraction of sp³-hybridized carbons (Fsp3) is 0.368. The second kappa shape index (κ2) is 8.25. The topological polar surface area (TPSA) is 68.5 Å². The van der Waals surface area contributed by atoms with E-state index in [1.807, 2.05) is 45.9 Å². The van der Waals surface area contributed by atoms with Gasteiger partial charge in [0, 0.05) is 4.90 Å². The van der Waals surface area contributed by atoms with Crippen LogP contribution in [0.25, 0.3) is 0 Å². The second-order valence-electron chi connectivity index (χ2n) is 6.16. The Morgan fingerprint density at radius 3 is 2.32 bits per heavy atom. The molecule has 0 radical (unpaired) electrons. The number of furan rings is 1. The zero-order valence-corrected chi connectivity index (χ0v) is 15.9. The first kappa shape index (κ1) is 19.1. The minimum absolute atomic E-state index is 0.0881. The van der Waals surface area contributed by atoms with Crippen molar-refractivity contribution in [2.24, 2.45) is 5.92 Å². The van der Waals surface area contributed by atoms with Gasteiger partial charge in [0.2, 0.25) is 0 Å². The number of ether oxygens (including phenoxy) is 1. The quantitative estimate of drug-likeness (QED) is 0.788. The third-order valence-electron chi connectivity index (χ3n) is 3.82. The largest absolute Gasteiger partial charge is 0.467 e. The Balaban J connectivity index is 2.12. The van der Waals surface area contributed by atoms with Gasteiger partial charge in [-0.05, 0) is 43.0 Å². The van der Waals surface area contributed by atoms with E-state index in [9.17, 15) is 9.59 Å². The van der Waals surface area contributed by atoms with Gasteiger partial charge in [-0.3, -0.25) is 4.79 Å². The average Bonchev–Trinajstić information content (AvgIpc) is 3.03. The van der Waals surface area contributed by atoms with Gasteiger partial charge >= 0.3 is 5.97 Å². The molecular formula is C19H23NO4S. The lowest BCUT2D eigenvalue weighted by Gasteiger charge is -2.18. The van der Waals surface area contributed by atoms with E-state index in [0.717, 1.165) is 16.0 Å². The summed E-state index contributed by atoms with van der Waals surface area (Å²) in [5, 5.41) is 3.29. The fourth-order valence-corrected chi connectivity index (χ4v) is 3.32. The molecule has 0 aliphatic heterocycles. The van der Waals surface area contributed by atoms with E-state index < -0.39 is 17.9 Å². The third-order valence-corrected chi connectivity index (χ3v) is 5.09. The summed E-state index contributed by atoms with van der Waals surface area (Å²) in [6.45, 7) is 7.75. The van der Waals surface area contributed by atoms with Crippen molar-refractivity contribution in [1.82, 2.24) is 5.32 Å². The van der Waals surface area contributed by atoms with Crippen LogP contribution in [0, 0.1) is 19.8 Å². The first-order chi connectivity index (χ1) is 11.8. The molecule has 1 unspecified atom stereocenters. The van der Waals surface area contributed by atoms with E-state index >= 15 is 0 Å². The number of hydrogen-bond acceptors (Lipinski definition) is 5. The summed E-state index contributed by atoms with van der Waals surface area (Å²) in [5.41, 5.74) is 2.30. The molecule has 0 fully saturated rings. The molecule has 0 aliphatic carbocycles. The van der Waals surface area contributed by atoms with Crippen LogP contribution in [0.2, 0.25) is 0 Å². The molecule has 1 amide bonds. The Labute approximate surface area is 152 Å². The number of methoxy groups -OCH3 is 1. The highest BCUT2D eigenvalue weighted by atomic mass is 32.2. The van der Waals surface area contributed by atoms with Crippen molar-refractivity contribution >= 4 is 23.6 Å². The second-order valence-corrected chi connectivity index (χ2v) is 7.17. The van der Waals surface area contributed by atoms with Crippen molar-refractivity contribution in [2.75, 3.05) is 7.11 Å². The predicted octanol–water partition coefficient (Wildman–Crippen LogP) is 3.98. The van der Waals surface area contributed by atoms with Crippen LogP contribution < -0.4 is 5.32 Å². The number of amides is 1. The molecule has 0 aliphatic rings. The molecule has 0 spiro atoms. The standard InChI is InChI=1S/C19H23NO4S/c1-11(2)16(19(22)23-5)20-18(21)14-9-10-15(24-14)25-17-12(3)7-6-8-13(17)4/h6-11,16H,1-5H3,(H,20,21). The Morgan fingerprint density at radius 1 is 1.12 bits per heavy atom. The van der Waals surface area contributed by atoms with Gasteiger partial charge in [0.15, 0.2) is 10.9 Å². The molecule has 25 heavy (non-hydrogen) atoms. The summed E-state index contributed by atoms with van der Waals surface area (Å²) < 4.78 is 10.4. The number of carbonyl (C=O) groups is 2. The van der Waals surface area contributed by atoms with E-state index in [2.05, 4.69) is 5.32 Å². The normalized spacial score (nSPS) is 12.1. The van der Waals surface area contributed by atoms with Gasteiger partial charge in [0.25, 0.3) is 5.91 Å². The van der Waals surface area contributed by atoms with E-state index in [1.54, 1.807) is 12.1 Å². The molecule has 1 aromatic carbocycles. The summed E-state index contributed by atoms with van der Waals surface area (Å²) in [6.07, 6.45) is 0. The summed E-state index contributed by atoms with van der Waals surface area (Å²) in [7, 11) is 1.30. The third kappa shape index (κ3) is 4.66. The number of aryl methyl sites for hydroxylation is 2. The van der Waals surface area contributed by atoms with Gasteiger partial charge in [-0.25, -0.2) is 4.79 Å². The summed E-state index contributed by atoms with van der Waals surface area (Å²) in [6, 6.07) is 8.74. The highest BCUT2D eigenvalue weighted by molar-refractivity contribution is 7.99. The molecule has 1 heterocycles. The molecule has 5 nitrogen and oxygen atoms in total. The van der Waals surface area contributed by atoms with Crippen molar-refractivity contribution < 1.29 is 18.7 Å². The number of rotatable bonds is 6. The first-order valence-electron chi connectivity index (χ1n) is 8.06. The van der Waals surface area contributed by atoms with Gasteiger partial charge in [-0.1, -0.05) is 43.8 Å². The Morgan fingerprint density at radius 2 is 1.76 bits per heavy atom. The van der Waals surface area contributed by atoms with Crippen LogP contribution in [0.3, 0.4) is 0 Å². The van der Waals surface area contributed by atoms with Crippen LogP contribution in [0.5, 0.6) is 0 Å². The van der Waals surface area contributed by atoms with Crippen molar-refractivity contribution in [3.63, 3.8) is 0 Å². The van der Waals surface area contributed by atoms with E-state index in [1.165, 1.54) is 18.9 Å². The zero-order chi connectivity index (χ0) is 18.6. The lowest BCUT2D eigenvalue weighted by Crippen LogP contribution is -2.44. The summed E-state index contributed by atoms with van der Waals surface area (Å²) in [4.78, 5) is 25.2. The SMILES string of the molecule is COC(=O)C(NC(=O)c1ccc(Sc2c(C)cccc2C)o1)C(C)C. The minimum atomic E-state index is -0.711. The number of esters is 1. The van der Waals surface area contributed by atoms with Crippen molar-refractivity contribution in [3.05, 3.63) is 47.2 Å². The van der Waals surface area contributed by atoms with E-state index in [-0.39, 0.29) is 11.7 Å². The van der Waals surface area contributed by atoms with Crippen LogP contribution in [0.1, 0.15) is 35.5 Å². The lowest BCUT2D eigenvalue weighted by molar-refractivity contribution is -0.144. The molecule has 2 rings (SSSR count). The molecule has 0 saturated carbocycles. The molecule has 1 N–H and O–H groups in total. The maximum Gasteiger partial charge on any atom is 0.328 e. The van der Waals surface area contributed by atoms with Gasteiger partial charge in [0.05, 0.1) is 7.11 Å². The molecule has 6 heteroatoms. The number of nitrogens with one attached hydrogen (secondary N) is 1. The lowest BCUT2D eigenvalue weighted by atomic mass is 10.0. The predicted molar refractivity (Wildman–Crippen MR) is 96.9 cm³/mol. The molecular weight excluding hydrogens is 338 g/mol. The molecule has 1 aromatic heterocycles. The van der Waals surface area contributed by atoms with Crippen molar-refractivity contribution in [3.8, 4) is 0 Å². The van der Waals surface area contributed by atoms with Crippen LogP contribution in [-0.4, -0.2) is 25.0 Å². The molecule has 0 bridgehead atoms. The van der Waals surface area contributed by atoms with Crippen LogP contribution in [-0.2, 0) is 9.53 Å². The van der Waals surface area contributed by atoms with Crippen LogP contribution in [0.15, 0.2) is 44.7 Å². The summed E-state index contributed by atoms with van der Waals surface area (Å²) in [5.74, 6) is -0.824. The van der Waals surface area contributed by atoms with E-state index in [4.69, 9.17) is 9.15 Å². The summed E-state index contributed by atoms with van der Waals surface area (Å²) >= 11 is 1.48. The van der Waals surface area contributed by atoms with Gasteiger partial charge in [-0.2, -0.15) is 0 Å². The molecule has 0 saturated heterocycles. The smallest absolute Gasteiger partial charge is 0.328 e. The Hall–Kier alpha value is -2.21. The maximum atomic E-state index is 12.4. The maximum absolute atomic E-state index is 12.4. The molecule has 134 valence electrons. The monoisotopic (exact) mass is 361 g/mol. The van der Waals surface area contributed by atoms with Gasteiger partial charge in [-0.15, -0.1) is 0 Å². The minimum Gasteiger partial charge on any atom is -0.467 e. The van der Waals surface area contributed by atoms with Gasteiger partial charge in [0.1, 0.15) is 6.04 Å². The molecule has 1 atom stereocenters. The Bertz CT molecular complexity index is 746. The fourth-order valence-electron chi connectivity index (χ4n) is 2.39. The van der Waals surface area contributed by atoms with Crippen molar-refractivity contribution in [1.29, 1.82) is 0 Å². The van der Waals surface area contributed by atoms with Gasteiger partial charge < -0.3 is 14.5 Å². The number of carbonyl (C=O) groups excluding carboxylic acids is 2. The highest BCUT2D eigenvalue weighted by Crippen LogP contribution is 2.33. The number of benzene rings is 1. The van der Waals surface area contributed by atoms with Crippen LogP contribution >= 0.6 is 11.8 Å².